The van der Waals surface area contributed by atoms with Gasteiger partial charge >= 0.3 is 27.3 Å². The Labute approximate surface area is 114 Å². The molecule has 0 saturated heterocycles. The van der Waals surface area contributed by atoms with Gasteiger partial charge in [0.05, 0.1) is 6.61 Å². The molecule has 116 valence electrons. The van der Waals surface area contributed by atoms with E-state index in [0.717, 1.165) is 0 Å². The number of esters is 2. The van der Waals surface area contributed by atoms with Gasteiger partial charge in [-0.2, -0.15) is 17.2 Å². The number of carbonyl (C=O) groups is 2. The van der Waals surface area contributed by atoms with Crippen molar-refractivity contribution in [2.45, 2.75) is 25.0 Å². The zero-order valence-corrected chi connectivity index (χ0v) is 11.4. The zero-order valence-electron chi connectivity index (χ0n) is 10.6. The molecule has 0 aromatic rings. The van der Waals surface area contributed by atoms with Crippen molar-refractivity contribution >= 4 is 22.1 Å². The molecule has 0 aromatic carbocycles. The molecule has 1 N–H and O–H groups in total. The fraction of sp³-hybridized carbons (Fsp3) is 0.600. The second kappa shape index (κ2) is 7.29. The summed E-state index contributed by atoms with van der Waals surface area (Å²) in [4.78, 5) is 21.9. The highest BCUT2D eigenvalue weighted by Crippen LogP contribution is 2.20. The lowest BCUT2D eigenvalue weighted by Gasteiger charge is -2.12. The minimum absolute atomic E-state index is 0.00923. The SMILES string of the molecule is C=C(C)C(=O)OCCCC(=O)OCC(F)(F)S(=O)(=O)O. The van der Waals surface area contributed by atoms with Crippen LogP contribution in [0.15, 0.2) is 12.2 Å². The summed E-state index contributed by atoms with van der Waals surface area (Å²) in [5.74, 6) is -1.77. The van der Waals surface area contributed by atoms with E-state index in [0.29, 0.717) is 0 Å². The molecule has 0 atom stereocenters. The third kappa shape index (κ3) is 6.57. The van der Waals surface area contributed by atoms with Crippen molar-refractivity contribution in [3.05, 3.63) is 12.2 Å². The molecule has 0 aliphatic heterocycles. The van der Waals surface area contributed by atoms with Crippen LogP contribution in [0.1, 0.15) is 19.8 Å². The van der Waals surface area contributed by atoms with E-state index in [9.17, 15) is 26.8 Å². The van der Waals surface area contributed by atoms with Crippen LogP contribution in [-0.2, 0) is 29.2 Å². The van der Waals surface area contributed by atoms with E-state index in [1.807, 2.05) is 0 Å². The van der Waals surface area contributed by atoms with E-state index in [2.05, 4.69) is 16.1 Å². The van der Waals surface area contributed by atoms with Crippen molar-refractivity contribution in [3.8, 4) is 0 Å². The van der Waals surface area contributed by atoms with E-state index < -0.39 is 33.9 Å². The Morgan fingerprint density at radius 2 is 1.85 bits per heavy atom. The first kappa shape index (κ1) is 18.4. The predicted molar refractivity (Wildman–Crippen MR) is 62.5 cm³/mol. The van der Waals surface area contributed by atoms with Crippen LogP contribution in [0, 0.1) is 0 Å². The molecule has 0 spiro atoms. The van der Waals surface area contributed by atoms with Gasteiger partial charge in [-0.1, -0.05) is 6.58 Å². The van der Waals surface area contributed by atoms with Crippen LogP contribution in [0.5, 0.6) is 0 Å². The maximum atomic E-state index is 12.7. The first-order valence-corrected chi connectivity index (χ1v) is 6.74. The second-order valence-corrected chi connectivity index (χ2v) is 5.34. The Morgan fingerprint density at radius 1 is 1.30 bits per heavy atom. The highest BCUT2D eigenvalue weighted by Gasteiger charge is 2.45. The second-order valence-electron chi connectivity index (χ2n) is 3.79. The summed E-state index contributed by atoms with van der Waals surface area (Å²) >= 11 is 0. The van der Waals surface area contributed by atoms with Crippen molar-refractivity contribution in [1.82, 2.24) is 0 Å². The number of ether oxygens (including phenoxy) is 2. The normalized spacial score (nSPS) is 11.8. The van der Waals surface area contributed by atoms with Gasteiger partial charge in [-0.15, -0.1) is 0 Å². The Hall–Kier alpha value is -1.55. The number of hydrogen-bond donors (Lipinski definition) is 1. The van der Waals surface area contributed by atoms with Gasteiger partial charge in [0.15, 0.2) is 6.61 Å². The lowest BCUT2D eigenvalue weighted by atomic mass is 10.3. The monoisotopic (exact) mass is 316 g/mol. The third-order valence-corrected chi connectivity index (χ3v) is 2.76. The van der Waals surface area contributed by atoms with Crippen LogP contribution in [0.2, 0.25) is 0 Å². The fourth-order valence-electron chi connectivity index (χ4n) is 0.816. The van der Waals surface area contributed by atoms with Gasteiger partial charge in [-0.3, -0.25) is 9.35 Å². The van der Waals surface area contributed by atoms with Crippen LogP contribution in [0.4, 0.5) is 8.78 Å². The van der Waals surface area contributed by atoms with Crippen LogP contribution in [-0.4, -0.2) is 43.4 Å². The van der Waals surface area contributed by atoms with E-state index >= 15 is 0 Å². The highest BCUT2D eigenvalue weighted by atomic mass is 32.2. The molecule has 0 bridgehead atoms. The molecule has 0 fully saturated rings. The number of rotatable bonds is 8. The van der Waals surface area contributed by atoms with Gasteiger partial charge in [0, 0.05) is 12.0 Å². The maximum absolute atomic E-state index is 12.7. The van der Waals surface area contributed by atoms with Crippen LogP contribution in [0.25, 0.3) is 0 Å². The van der Waals surface area contributed by atoms with Crippen molar-refractivity contribution in [1.29, 1.82) is 0 Å². The Morgan fingerprint density at radius 3 is 2.30 bits per heavy atom. The molecule has 20 heavy (non-hydrogen) atoms. The predicted octanol–water partition coefficient (Wildman–Crippen LogP) is 0.910. The van der Waals surface area contributed by atoms with E-state index in [-0.39, 0.29) is 25.0 Å². The van der Waals surface area contributed by atoms with Gasteiger partial charge in [-0.05, 0) is 13.3 Å². The molecule has 0 radical (unpaired) electrons. The van der Waals surface area contributed by atoms with Crippen molar-refractivity contribution in [3.63, 3.8) is 0 Å². The summed E-state index contributed by atoms with van der Waals surface area (Å²) in [7, 11) is -5.63. The standard InChI is InChI=1S/C10H14F2O7S/c1-7(2)9(14)18-5-3-4-8(13)19-6-10(11,12)20(15,16)17/h1,3-6H2,2H3,(H,15,16,17). The molecule has 0 heterocycles. The maximum Gasteiger partial charge on any atom is 0.402 e. The number of carbonyl (C=O) groups excluding carboxylic acids is 2. The Kier molecular flexibility index (Phi) is 6.73. The summed E-state index contributed by atoms with van der Waals surface area (Å²) in [5, 5.41) is -4.56. The topological polar surface area (TPSA) is 107 Å². The minimum Gasteiger partial charge on any atom is -0.462 e. The number of halogens is 2. The third-order valence-electron chi connectivity index (χ3n) is 1.89. The lowest BCUT2D eigenvalue weighted by molar-refractivity contribution is -0.151. The average molecular weight is 316 g/mol. The lowest BCUT2D eigenvalue weighted by Crippen LogP contribution is -2.34. The minimum atomic E-state index is -5.63. The molecule has 0 unspecified atom stereocenters. The van der Waals surface area contributed by atoms with Gasteiger partial charge in [0.1, 0.15) is 0 Å². The average Bonchev–Trinajstić information content (AvgIpc) is 2.30. The first-order chi connectivity index (χ1) is 8.97. The summed E-state index contributed by atoms with van der Waals surface area (Å²) in [6.45, 7) is 2.82. The van der Waals surface area contributed by atoms with Crippen molar-refractivity contribution < 1.29 is 40.8 Å². The van der Waals surface area contributed by atoms with E-state index in [1.165, 1.54) is 6.92 Å². The molecular formula is C10H14F2O7S. The van der Waals surface area contributed by atoms with Crippen LogP contribution < -0.4 is 0 Å². The molecule has 0 aliphatic rings. The number of alkyl halides is 2. The van der Waals surface area contributed by atoms with Gasteiger partial charge in [0.25, 0.3) is 0 Å². The highest BCUT2D eigenvalue weighted by molar-refractivity contribution is 7.86. The van der Waals surface area contributed by atoms with Gasteiger partial charge in [0.2, 0.25) is 0 Å². The van der Waals surface area contributed by atoms with Gasteiger partial charge < -0.3 is 9.47 Å². The van der Waals surface area contributed by atoms with Crippen molar-refractivity contribution in [2.75, 3.05) is 13.2 Å². The fourth-order valence-corrected chi connectivity index (χ4v) is 1.02. The van der Waals surface area contributed by atoms with E-state index in [1.54, 1.807) is 0 Å². The largest absolute Gasteiger partial charge is 0.462 e. The molecule has 0 aromatic heterocycles. The Balaban J connectivity index is 3.97. The summed E-state index contributed by atoms with van der Waals surface area (Å²) in [6, 6.07) is 0. The molecule has 0 amide bonds. The van der Waals surface area contributed by atoms with Crippen LogP contribution >= 0.6 is 0 Å². The molecule has 0 aliphatic carbocycles. The zero-order chi connectivity index (χ0) is 16.0. The summed E-state index contributed by atoms with van der Waals surface area (Å²) < 4.78 is 62.6. The van der Waals surface area contributed by atoms with Crippen molar-refractivity contribution in [2.24, 2.45) is 0 Å². The molecule has 0 rings (SSSR count). The summed E-state index contributed by atoms with van der Waals surface area (Å²) in [5.41, 5.74) is 0.167. The quantitative estimate of drug-likeness (QED) is 0.307. The first-order valence-electron chi connectivity index (χ1n) is 5.30. The van der Waals surface area contributed by atoms with Gasteiger partial charge in [-0.25, -0.2) is 4.79 Å². The number of hydrogen-bond acceptors (Lipinski definition) is 6. The van der Waals surface area contributed by atoms with E-state index in [4.69, 9.17) is 4.55 Å². The smallest absolute Gasteiger partial charge is 0.402 e. The molecule has 7 nitrogen and oxygen atoms in total. The Bertz CT molecular complexity index is 484. The summed E-state index contributed by atoms with van der Waals surface area (Å²) in [6.07, 6.45) is -0.347. The molecule has 10 heteroatoms. The van der Waals surface area contributed by atoms with Crippen LogP contribution in [0.3, 0.4) is 0 Å². The molecule has 0 saturated carbocycles. The molecular weight excluding hydrogens is 302 g/mol.